The minimum absolute atomic E-state index is 0.137. The van der Waals surface area contributed by atoms with Gasteiger partial charge in [0.25, 0.3) is 0 Å². The molecule has 19 heavy (non-hydrogen) atoms. The number of nitrogens with one attached hydrogen (secondary N) is 2. The van der Waals surface area contributed by atoms with Crippen molar-refractivity contribution in [1.82, 2.24) is 4.98 Å². The molecule has 2 aromatic rings. The van der Waals surface area contributed by atoms with Crippen LogP contribution in [0.15, 0.2) is 36.5 Å². The summed E-state index contributed by atoms with van der Waals surface area (Å²) in [7, 11) is 0. The molecule has 1 heterocycles. The summed E-state index contributed by atoms with van der Waals surface area (Å²) in [5, 5.41) is 6.58. The highest BCUT2D eigenvalue weighted by atomic mass is 35.5. The summed E-state index contributed by atoms with van der Waals surface area (Å²) in [6.45, 7) is 3.43. The molecule has 0 unspecified atom stereocenters. The van der Waals surface area contributed by atoms with Crippen LogP contribution in [-0.4, -0.2) is 10.9 Å². The lowest BCUT2D eigenvalue weighted by Gasteiger charge is -2.10. The average molecular weight is 276 g/mol. The summed E-state index contributed by atoms with van der Waals surface area (Å²) < 4.78 is 0. The van der Waals surface area contributed by atoms with Crippen molar-refractivity contribution < 1.29 is 4.79 Å². The molecule has 5 heteroatoms. The Morgan fingerprint density at radius 2 is 2.05 bits per heavy atom. The van der Waals surface area contributed by atoms with Gasteiger partial charge >= 0.3 is 0 Å². The summed E-state index contributed by atoms with van der Waals surface area (Å²) in [4.78, 5) is 15.0. The molecule has 2 N–H and O–H groups in total. The number of anilines is 3. The Labute approximate surface area is 116 Å². The molecule has 0 aliphatic rings. The number of pyridine rings is 1. The summed E-state index contributed by atoms with van der Waals surface area (Å²) in [6.07, 6.45) is 1.67. The van der Waals surface area contributed by atoms with Crippen molar-refractivity contribution in [3.8, 4) is 0 Å². The number of aromatic nitrogens is 1. The first kappa shape index (κ1) is 13.4. The Hall–Kier alpha value is -2.07. The Morgan fingerprint density at radius 1 is 1.26 bits per heavy atom. The van der Waals surface area contributed by atoms with Gasteiger partial charge in [0.1, 0.15) is 5.82 Å². The minimum Gasteiger partial charge on any atom is -0.354 e. The van der Waals surface area contributed by atoms with Crippen LogP contribution in [0, 0.1) is 6.92 Å². The summed E-state index contributed by atoms with van der Waals surface area (Å²) >= 11 is 5.91. The Bertz CT molecular complexity index is 596. The zero-order valence-electron chi connectivity index (χ0n) is 10.7. The number of halogens is 1. The van der Waals surface area contributed by atoms with Crippen LogP contribution in [0.4, 0.5) is 17.2 Å². The number of benzene rings is 1. The molecular weight excluding hydrogens is 262 g/mol. The van der Waals surface area contributed by atoms with Gasteiger partial charge in [-0.05, 0) is 42.8 Å². The molecule has 1 aromatic heterocycles. The van der Waals surface area contributed by atoms with E-state index in [4.69, 9.17) is 11.6 Å². The molecule has 2 rings (SSSR count). The van der Waals surface area contributed by atoms with Gasteiger partial charge < -0.3 is 10.6 Å². The molecule has 0 bridgehead atoms. The third-order valence-corrected chi connectivity index (χ3v) is 2.77. The predicted octanol–water partition coefficient (Wildman–Crippen LogP) is 3.75. The van der Waals surface area contributed by atoms with Crippen LogP contribution < -0.4 is 10.6 Å². The fourth-order valence-corrected chi connectivity index (χ4v) is 1.87. The maximum atomic E-state index is 10.9. The third kappa shape index (κ3) is 3.69. The predicted molar refractivity (Wildman–Crippen MR) is 78.0 cm³/mol. The first-order chi connectivity index (χ1) is 9.04. The van der Waals surface area contributed by atoms with Crippen molar-refractivity contribution in [1.29, 1.82) is 0 Å². The molecule has 0 saturated heterocycles. The number of rotatable bonds is 3. The number of aryl methyl sites for hydroxylation is 1. The molecule has 0 spiro atoms. The van der Waals surface area contributed by atoms with Crippen LogP contribution in [0.2, 0.25) is 5.02 Å². The number of carbonyl (C=O) groups excluding carboxylic acids is 1. The quantitative estimate of drug-likeness (QED) is 0.897. The third-order valence-electron chi connectivity index (χ3n) is 2.54. The maximum absolute atomic E-state index is 10.9. The number of hydrogen-bond donors (Lipinski definition) is 2. The highest BCUT2D eigenvalue weighted by molar-refractivity contribution is 6.30. The van der Waals surface area contributed by atoms with Gasteiger partial charge in [-0.15, -0.1) is 0 Å². The van der Waals surface area contributed by atoms with Crippen molar-refractivity contribution >= 4 is 34.7 Å². The standard InChI is InChI=1S/C14H14ClN3O/c1-9-7-11(15)3-5-13(9)18-12-4-6-14(16-8-12)17-10(2)19/h3-8,18H,1-2H3,(H,16,17,19). The van der Waals surface area contributed by atoms with E-state index in [1.165, 1.54) is 6.92 Å². The second-order valence-corrected chi connectivity index (χ2v) is 4.63. The lowest BCUT2D eigenvalue weighted by Crippen LogP contribution is -2.07. The minimum atomic E-state index is -0.137. The molecular formula is C14H14ClN3O. The SMILES string of the molecule is CC(=O)Nc1ccc(Nc2ccc(Cl)cc2C)cn1. The fourth-order valence-electron chi connectivity index (χ4n) is 1.64. The van der Waals surface area contributed by atoms with Gasteiger partial charge in [0.2, 0.25) is 5.91 Å². The molecule has 0 saturated carbocycles. The van der Waals surface area contributed by atoms with Gasteiger partial charge in [-0.3, -0.25) is 4.79 Å². The van der Waals surface area contributed by atoms with Crippen molar-refractivity contribution in [2.24, 2.45) is 0 Å². The zero-order chi connectivity index (χ0) is 13.8. The van der Waals surface area contributed by atoms with Crippen LogP contribution in [0.1, 0.15) is 12.5 Å². The number of amides is 1. The molecule has 0 radical (unpaired) electrons. The lowest BCUT2D eigenvalue weighted by molar-refractivity contribution is -0.114. The van der Waals surface area contributed by atoms with E-state index in [1.807, 2.05) is 31.2 Å². The first-order valence-corrected chi connectivity index (χ1v) is 6.19. The Kier molecular flexibility index (Phi) is 4.02. The topological polar surface area (TPSA) is 54.0 Å². The molecule has 1 aromatic carbocycles. The summed E-state index contributed by atoms with van der Waals surface area (Å²) in [5.41, 5.74) is 2.87. The second kappa shape index (κ2) is 5.71. The summed E-state index contributed by atoms with van der Waals surface area (Å²) in [5.74, 6) is 0.396. The molecule has 0 aliphatic carbocycles. The zero-order valence-corrected chi connectivity index (χ0v) is 11.5. The number of carbonyl (C=O) groups is 1. The van der Waals surface area contributed by atoms with Crippen LogP contribution in [0.3, 0.4) is 0 Å². The molecule has 4 nitrogen and oxygen atoms in total. The smallest absolute Gasteiger partial charge is 0.222 e. The van der Waals surface area contributed by atoms with E-state index >= 15 is 0 Å². The van der Waals surface area contributed by atoms with Crippen LogP contribution in [-0.2, 0) is 4.79 Å². The van der Waals surface area contributed by atoms with Gasteiger partial charge in [0.15, 0.2) is 0 Å². The Balaban J connectivity index is 2.13. The van der Waals surface area contributed by atoms with E-state index in [0.717, 1.165) is 16.9 Å². The highest BCUT2D eigenvalue weighted by Gasteiger charge is 2.01. The van der Waals surface area contributed by atoms with Crippen molar-refractivity contribution in [2.45, 2.75) is 13.8 Å². The van der Waals surface area contributed by atoms with Crippen molar-refractivity contribution in [3.63, 3.8) is 0 Å². The summed E-state index contributed by atoms with van der Waals surface area (Å²) in [6, 6.07) is 9.24. The fraction of sp³-hybridized carbons (Fsp3) is 0.143. The van der Waals surface area contributed by atoms with Crippen molar-refractivity contribution in [2.75, 3.05) is 10.6 Å². The van der Waals surface area contributed by atoms with E-state index in [9.17, 15) is 4.79 Å². The molecule has 0 aliphatic heterocycles. The molecule has 98 valence electrons. The van der Waals surface area contributed by atoms with Gasteiger partial charge in [0.05, 0.1) is 11.9 Å². The number of nitrogens with zero attached hydrogens (tertiary/aromatic N) is 1. The van der Waals surface area contributed by atoms with E-state index in [1.54, 1.807) is 12.3 Å². The van der Waals surface area contributed by atoms with Crippen LogP contribution in [0.5, 0.6) is 0 Å². The molecule has 1 amide bonds. The van der Waals surface area contributed by atoms with Crippen LogP contribution >= 0.6 is 11.6 Å². The van der Waals surface area contributed by atoms with Gasteiger partial charge in [-0.1, -0.05) is 11.6 Å². The van der Waals surface area contributed by atoms with Crippen LogP contribution in [0.25, 0.3) is 0 Å². The van der Waals surface area contributed by atoms with E-state index < -0.39 is 0 Å². The number of hydrogen-bond acceptors (Lipinski definition) is 3. The average Bonchev–Trinajstić information content (AvgIpc) is 2.34. The normalized spacial score (nSPS) is 10.1. The van der Waals surface area contributed by atoms with E-state index in [2.05, 4.69) is 15.6 Å². The largest absolute Gasteiger partial charge is 0.354 e. The van der Waals surface area contributed by atoms with Gasteiger partial charge in [-0.25, -0.2) is 4.98 Å². The van der Waals surface area contributed by atoms with Crippen molar-refractivity contribution in [3.05, 3.63) is 47.1 Å². The first-order valence-electron chi connectivity index (χ1n) is 5.81. The monoisotopic (exact) mass is 275 g/mol. The lowest BCUT2D eigenvalue weighted by atomic mass is 10.2. The maximum Gasteiger partial charge on any atom is 0.222 e. The van der Waals surface area contributed by atoms with E-state index in [0.29, 0.717) is 10.8 Å². The second-order valence-electron chi connectivity index (χ2n) is 4.20. The van der Waals surface area contributed by atoms with E-state index in [-0.39, 0.29) is 5.91 Å². The van der Waals surface area contributed by atoms with Gasteiger partial charge in [0, 0.05) is 17.6 Å². The van der Waals surface area contributed by atoms with Gasteiger partial charge in [-0.2, -0.15) is 0 Å². The highest BCUT2D eigenvalue weighted by Crippen LogP contribution is 2.23. The molecule has 0 atom stereocenters. The Morgan fingerprint density at radius 3 is 2.63 bits per heavy atom. The molecule has 0 fully saturated rings.